The number of nitrogens with zero attached hydrogens (tertiary/aromatic N) is 2. The molecule has 0 spiro atoms. The highest BCUT2D eigenvalue weighted by Crippen LogP contribution is 2.40. The zero-order chi connectivity index (χ0) is 15.7. The van der Waals surface area contributed by atoms with Crippen molar-refractivity contribution in [2.75, 3.05) is 11.5 Å². The zero-order valence-electron chi connectivity index (χ0n) is 13.3. The molecule has 3 rings (SSSR count). The standard InChI is InChI=1S/C17H24N2O3/c1-3-4-7-22-14-8-12-5-6-15(20)19(16(12)18-11-14)13-9-17(2,21)10-13/h8,11,13,21H,3-7,9-10H2,1-2H3. The van der Waals surface area contributed by atoms with Crippen LogP contribution in [0.15, 0.2) is 12.3 Å². The Balaban J connectivity index is 1.77. The van der Waals surface area contributed by atoms with Crippen molar-refractivity contribution in [3.63, 3.8) is 0 Å². The lowest BCUT2D eigenvalue weighted by Crippen LogP contribution is -2.57. The maximum Gasteiger partial charge on any atom is 0.228 e. The van der Waals surface area contributed by atoms with Gasteiger partial charge in [0.15, 0.2) is 0 Å². The van der Waals surface area contributed by atoms with Crippen LogP contribution >= 0.6 is 0 Å². The summed E-state index contributed by atoms with van der Waals surface area (Å²) in [5, 5.41) is 9.93. The minimum Gasteiger partial charge on any atom is -0.492 e. The average molecular weight is 304 g/mol. The van der Waals surface area contributed by atoms with Crippen molar-refractivity contribution in [2.45, 2.75) is 64.0 Å². The van der Waals surface area contributed by atoms with Crippen molar-refractivity contribution in [3.05, 3.63) is 17.8 Å². The molecule has 0 aromatic carbocycles. The molecule has 2 heterocycles. The summed E-state index contributed by atoms with van der Waals surface area (Å²) in [6, 6.07) is 2.08. The maximum absolute atomic E-state index is 12.3. The third-order valence-electron chi connectivity index (χ3n) is 4.51. The number of hydrogen-bond donors (Lipinski definition) is 1. The van der Waals surface area contributed by atoms with Crippen molar-refractivity contribution in [1.82, 2.24) is 4.98 Å². The first-order chi connectivity index (χ1) is 10.5. The lowest BCUT2D eigenvalue weighted by Gasteiger charge is -2.47. The highest BCUT2D eigenvalue weighted by atomic mass is 16.5. The van der Waals surface area contributed by atoms with Crippen molar-refractivity contribution >= 4 is 11.7 Å². The number of hydrogen-bond acceptors (Lipinski definition) is 4. The minimum atomic E-state index is -0.647. The van der Waals surface area contributed by atoms with Crippen LogP contribution in [0.5, 0.6) is 5.75 Å². The smallest absolute Gasteiger partial charge is 0.228 e. The summed E-state index contributed by atoms with van der Waals surface area (Å²) in [6.45, 7) is 4.65. The second-order valence-corrected chi connectivity index (χ2v) is 6.68. The molecule has 0 bridgehead atoms. The topological polar surface area (TPSA) is 62.7 Å². The van der Waals surface area contributed by atoms with Gasteiger partial charge in [0.25, 0.3) is 0 Å². The van der Waals surface area contributed by atoms with E-state index in [0.717, 1.165) is 30.0 Å². The Morgan fingerprint density at radius 1 is 1.45 bits per heavy atom. The molecule has 22 heavy (non-hydrogen) atoms. The number of carbonyl (C=O) groups excluding carboxylic acids is 1. The van der Waals surface area contributed by atoms with Crippen molar-refractivity contribution < 1.29 is 14.6 Å². The molecule has 1 amide bonds. The molecule has 5 heteroatoms. The molecule has 120 valence electrons. The number of aliphatic hydroxyl groups is 1. The van der Waals surface area contributed by atoms with Crippen LogP contribution in [0.25, 0.3) is 0 Å². The van der Waals surface area contributed by atoms with E-state index in [1.54, 1.807) is 11.1 Å². The fourth-order valence-electron chi connectivity index (χ4n) is 3.29. The molecule has 2 aliphatic rings. The molecule has 1 saturated carbocycles. The molecule has 1 aliphatic carbocycles. The predicted molar refractivity (Wildman–Crippen MR) is 84.1 cm³/mol. The largest absolute Gasteiger partial charge is 0.492 e. The molecule has 0 saturated heterocycles. The van der Waals surface area contributed by atoms with Gasteiger partial charge in [-0.05, 0) is 44.2 Å². The number of aromatic nitrogens is 1. The van der Waals surface area contributed by atoms with E-state index in [9.17, 15) is 9.90 Å². The van der Waals surface area contributed by atoms with E-state index in [0.29, 0.717) is 32.3 Å². The third-order valence-corrected chi connectivity index (χ3v) is 4.51. The van der Waals surface area contributed by atoms with Gasteiger partial charge in [0.2, 0.25) is 5.91 Å². The predicted octanol–water partition coefficient (Wildman–Crippen LogP) is 2.45. The summed E-state index contributed by atoms with van der Waals surface area (Å²) in [5.41, 5.74) is 0.423. The lowest BCUT2D eigenvalue weighted by atomic mass is 9.75. The SMILES string of the molecule is CCCCOc1cnc2c(c1)CCC(=O)N2C1CC(C)(O)C1. The van der Waals surface area contributed by atoms with Gasteiger partial charge in [-0.15, -0.1) is 0 Å². The zero-order valence-corrected chi connectivity index (χ0v) is 13.3. The van der Waals surface area contributed by atoms with Crippen LogP contribution in [0.4, 0.5) is 5.82 Å². The Kier molecular flexibility index (Phi) is 4.08. The summed E-state index contributed by atoms with van der Waals surface area (Å²) in [6.07, 6.45) is 6.29. The Labute approximate surface area is 131 Å². The van der Waals surface area contributed by atoms with E-state index in [4.69, 9.17) is 4.74 Å². The van der Waals surface area contributed by atoms with E-state index >= 15 is 0 Å². The van der Waals surface area contributed by atoms with Crippen LogP contribution in [-0.2, 0) is 11.2 Å². The van der Waals surface area contributed by atoms with Gasteiger partial charge < -0.3 is 9.84 Å². The summed E-state index contributed by atoms with van der Waals surface area (Å²) in [5.74, 6) is 1.64. The van der Waals surface area contributed by atoms with Gasteiger partial charge in [-0.25, -0.2) is 4.98 Å². The van der Waals surface area contributed by atoms with Crippen LogP contribution in [0.1, 0.15) is 51.5 Å². The molecular weight excluding hydrogens is 280 g/mol. The minimum absolute atomic E-state index is 0.0703. The molecular formula is C17H24N2O3. The number of ether oxygens (including phenoxy) is 1. The molecule has 0 atom stereocenters. The molecule has 1 aromatic rings. The van der Waals surface area contributed by atoms with Gasteiger partial charge in [0, 0.05) is 12.5 Å². The number of fused-ring (bicyclic) bond motifs is 1. The van der Waals surface area contributed by atoms with Gasteiger partial charge >= 0.3 is 0 Å². The molecule has 1 fully saturated rings. The summed E-state index contributed by atoms with van der Waals surface area (Å²) >= 11 is 0. The summed E-state index contributed by atoms with van der Waals surface area (Å²) in [4.78, 5) is 18.5. The molecule has 0 unspecified atom stereocenters. The fraction of sp³-hybridized carbons (Fsp3) is 0.647. The number of anilines is 1. The second kappa shape index (κ2) is 5.88. The van der Waals surface area contributed by atoms with E-state index in [-0.39, 0.29) is 11.9 Å². The molecule has 1 N–H and O–H groups in total. The first-order valence-electron chi connectivity index (χ1n) is 8.16. The van der Waals surface area contributed by atoms with Crippen LogP contribution in [0.3, 0.4) is 0 Å². The Morgan fingerprint density at radius 3 is 2.91 bits per heavy atom. The van der Waals surface area contributed by atoms with Crippen LogP contribution < -0.4 is 9.64 Å². The second-order valence-electron chi connectivity index (χ2n) is 6.68. The highest BCUT2D eigenvalue weighted by Gasteiger charge is 2.45. The molecule has 1 aliphatic heterocycles. The van der Waals surface area contributed by atoms with E-state index in [2.05, 4.69) is 11.9 Å². The third kappa shape index (κ3) is 2.95. The number of unbranched alkanes of at least 4 members (excludes halogenated alkanes) is 1. The number of pyridine rings is 1. The van der Waals surface area contributed by atoms with Gasteiger partial charge in [0.1, 0.15) is 11.6 Å². The van der Waals surface area contributed by atoms with Crippen LogP contribution in [0, 0.1) is 0 Å². The average Bonchev–Trinajstić information content (AvgIpc) is 2.45. The van der Waals surface area contributed by atoms with E-state index < -0.39 is 5.60 Å². The fourth-order valence-corrected chi connectivity index (χ4v) is 3.29. The number of carbonyl (C=O) groups is 1. The van der Waals surface area contributed by atoms with Crippen molar-refractivity contribution in [1.29, 1.82) is 0 Å². The maximum atomic E-state index is 12.3. The van der Waals surface area contributed by atoms with E-state index in [1.807, 2.05) is 13.0 Å². The molecule has 0 radical (unpaired) electrons. The Morgan fingerprint density at radius 2 is 2.23 bits per heavy atom. The number of rotatable bonds is 5. The van der Waals surface area contributed by atoms with Gasteiger partial charge in [0.05, 0.1) is 18.4 Å². The van der Waals surface area contributed by atoms with Crippen LogP contribution in [0.2, 0.25) is 0 Å². The van der Waals surface area contributed by atoms with Crippen molar-refractivity contribution in [3.8, 4) is 5.75 Å². The molecule has 1 aromatic heterocycles. The monoisotopic (exact) mass is 304 g/mol. The molecule has 5 nitrogen and oxygen atoms in total. The highest BCUT2D eigenvalue weighted by molar-refractivity contribution is 5.96. The Hall–Kier alpha value is -1.62. The van der Waals surface area contributed by atoms with Gasteiger partial charge in [-0.1, -0.05) is 13.3 Å². The first kappa shape index (κ1) is 15.3. The van der Waals surface area contributed by atoms with Crippen LogP contribution in [-0.4, -0.2) is 34.2 Å². The Bertz CT molecular complexity index is 563. The summed E-state index contributed by atoms with van der Waals surface area (Å²) < 4.78 is 5.70. The van der Waals surface area contributed by atoms with Gasteiger partial charge in [-0.2, -0.15) is 0 Å². The lowest BCUT2D eigenvalue weighted by molar-refractivity contribution is -0.121. The number of amides is 1. The quantitative estimate of drug-likeness (QED) is 0.849. The normalized spacial score (nSPS) is 27.3. The summed E-state index contributed by atoms with van der Waals surface area (Å²) in [7, 11) is 0. The van der Waals surface area contributed by atoms with Crippen molar-refractivity contribution in [2.24, 2.45) is 0 Å². The number of aryl methyl sites for hydroxylation is 1. The van der Waals surface area contributed by atoms with Gasteiger partial charge in [-0.3, -0.25) is 9.69 Å². The van der Waals surface area contributed by atoms with E-state index in [1.165, 1.54) is 0 Å². The first-order valence-corrected chi connectivity index (χ1v) is 8.16.